The van der Waals surface area contributed by atoms with Crippen LogP contribution in [0.3, 0.4) is 0 Å². The van der Waals surface area contributed by atoms with Crippen LogP contribution in [-0.4, -0.2) is 11.7 Å². The number of anilines is 1. The van der Waals surface area contributed by atoms with E-state index in [9.17, 15) is 13.6 Å². The Morgan fingerprint density at radius 2 is 1.95 bits per heavy atom. The van der Waals surface area contributed by atoms with Gasteiger partial charge in [0.1, 0.15) is 5.82 Å². The van der Waals surface area contributed by atoms with Crippen molar-refractivity contribution in [3.05, 3.63) is 57.6 Å². The summed E-state index contributed by atoms with van der Waals surface area (Å²) < 4.78 is 26.8. The van der Waals surface area contributed by atoms with E-state index < -0.39 is 11.6 Å². The van der Waals surface area contributed by atoms with Gasteiger partial charge in [0.25, 0.3) is 0 Å². The molecular formula is C16H14BrF2NOS. The molecule has 0 saturated carbocycles. The summed E-state index contributed by atoms with van der Waals surface area (Å²) in [5.74, 6) is -1.72. The molecule has 0 aliphatic carbocycles. The Bertz CT molecular complexity index is 698. The molecule has 2 rings (SSSR count). The van der Waals surface area contributed by atoms with Gasteiger partial charge in [0, 0.05) is 15.4 Å². The summed E-state index contributed by atoms with van der Waals surface area (Å²) in [6.45, 7) is 3.98. The number of carbonyl (C=O) groups excluding carboxylic acids is 1. The summed E-state index contributed by atoms with van der Waals surface area (Å²) in [7, 11) is 0. The van der Waals surface area contributed by atoms with Gasteiger partial charge in [0.05, 0.1) is 11.4 Å². The predicted molar refractivity (Wildman–Crippen MR) is 89.3 cm³/mol. The van der Waals surface area contributed by atoms with E-state index in [-0.39, 0.29) is 21.8 Å². The van der Waals surface area contributed by atoms with Gasteiger partial charge in [-0.15, -0.1) is 11.8 Å². The quantitative estimate of drug-likeness (QED) is 0.743. The Morgan fingerprint density at radius 1 is 1.23 bits per heavy atom. The second kappa shape index (κ2) is 7.24. The van der Waals surface area contributed by atoms with Crippen LogP contribution in [0.15, 0.2) is 39.7 Å². The number of benzene rings is 2. The highest BCUT2D eigenvalue weighted by Gasteiger charge is 2.13. The lowest BCUT2D eigenvalue weighted by Crippen LogP contribution is -2.15. The molecule has 0 radical (unpaired) electrons. The van der Waals surface area contributed by atoms with Crippen LogP contribution >= 0.6 is 27.7 Å². The lowest BCUT2D eigenvalue weighted by atomic mass is 10.2. The number of hydrogen-bond acceptors (Lipinski definition) is 2. The zero-order valence-corrected chi connectivity index (χ0v) is 14.4. The number of aryl methyl sites for hydroxylation is 2. The number of nitrogens with one attached hydrogen (secondary N) is 1. The van der Waals surface area contributed by atoms with Gasteiger partial charge in [-0.25, -0.2) is 8.78 Å². The predicted octanol–water partition coefficient (Wildman–Crippen LogP) is 5.07. The van der Waals surface area contributed by atoms with Crippen molar-refractivity contribution in [2.45, 2.75) is 18.7 Å². The summed E-state index contributed by atoms with van der Waals surface area (Å²) in [5.41, 5.74) is 2.20. The topological polar surface area (TPSA) is 29.1 Å². The highest BCUT2D eigenvalue weighted by Crippen LogP contribution is 2.28. The molecule has 2 aromatic rings. The van der Waals surface area contributed by atoms with Crippen molar-refractivity contribution in [2.75, 3.05) is 11.1 Å². The fraction of sp³-hybridized carbons (Fsp3) is 0.188. The van der Waals surface area contributed by atoms with Gasteiger partial charge in [0.15, 0.2) is 5.82 Å². The van der Waals surface area contributed by atoms with E-state index in [0.717, 1.165) is 28.2 Å². The average molecular weight is 386 g/mol. The third-order valence-corrected chi connectivity index (χ3v) is 4.76. The van der Waals surface area contributed by atoms with E-state index in [1.165, 1.54) is 11.8 Å². The highest BCUT2D eigenvalue weighted by molar-refractivity contribution is 9.10. The molecule has 1 N–H and O–H groups in total. The summed E-state index contributed by atoms with van der Waals surface area (Å²) in [4.78, 5) is 12.9. The molecular weight excluding hydrogens is 372 g/mol. The van der Waals surface area contributed by atoms with E-state index >= 15 is 0 Å². The molecule has 0 unspecified atom stereocenters. The van der Waals surface area contributed by atoms with Gasteiger partial charge in [-0.1, -0.05) is 17.7 Å². The van der Waals surface area contributed by atoms with Crippen molar-refractivity contribution in [1.29, 1.82) is 0 Å². The van der Waals surface area contributed by atoms with E-state index in [1.807, 2.05) is 32.0 Å². The molecule has 2 aromatic carbocycles. The Balaban J connectivity index is 2.02. The first-order valence-electron chi connectivity index (χ1n) is 6.51. The molecule has 0 aliphatic heterocycles. The molecule has 1 amide bonds. The molecule has 22 heavy (non-hydrogen) atoms. The minimum atomic E-state index is -0.809. The van der Waals surface area contributed by atoms with Crippen molar-refractivity contribution >= 4 is 39.3 Å². The molecule has 0 fully saturated rings. The number of amides is 1. The number of thioether (sulfide) groups is 1. The molecule has 0 bridgehead atoms. The summed E-state index contributed by atoms with van der Waals surface area (Å²) in [6, 6.07) is 7.81. The maximum absolute atomic E-state index is 13.7. The maximum Gasteiger partial charge on any atom is 0.234 e. The molecule has 0 aliphatic rings. The van der Waals surface area contributed by atoms with Crippen LogP contribution in [0.5, 0.6) is 0 Å². The monoisotopic (exact) mass is 385 g/mol. The van der Waals surface area contributed by atoms with Crippen molar-refractivity contribution in [2.24, 2.45) is 0 Å². The van der Waals surface area contributed by atoms with Crippen molar-refractivity contribution in [3.63, 3.8) is 0 Å². The Hall–Kier alpha value is -1.40. The minimum absolute atomic E-state index is 0.0485. The molecule has 6 heteroatoms. The van der Waals surface area contributed by atoms with Crippen LogP contribution in [0.25, 0.3) is 0 Å². The molecule has 2 nitrogen and oxygen atoms in total. The zero-order valence-electron chi connectivity index (χ0n) is 12.0. The molecule has 0 aromatic heterocycles. The number of rotatable bonds is 4. The van der Waals surface area contributed by atoms with Gasteiger partial charge in [0.2, 0.25) is 5.91 Å². The second-order valence-electron chi connectivity index (χ2n) is 4.85. The first kappa shape index (κ1) is 17.0. The maximum atomic E-state index is 13.7. The van der Waals surface area contributed by atoms with Crippen molar-refractivity contribution in [3.8, 4) is 0 Å². The van der Waals surface area contributed by atoms with Crippen molar-refractivity contribution < 1.29 is 13.6 Å². The number of hydrogen-bond donors (Lipinski definition) is 1. The lowest BCUT2D eigenvalue weighted by molar-refractivity contribution is -0.113. The fourth-order valence-electron chi connectivity index (χ4n) is 1.94. The standard InChI is InChI=1S/C16H14BrF2NOS/c1-9-3-4-14(10(2)5-9)22-8-15(21)20-16-12(17)6-11(18)7-13(16)19/h3-7H,8H2,1-2H3,(H,20,21). The normalized spacial score (nSPS) is 10.6. The zero-order chi connectivity index (χ0) is 16.3. The van der Waals surface area contributed by atoms with Crippen LogP contribution in [-0.2, 0) is 4.79 Å². The van der Waals surface area contributed by atoms with Crippen molar-refractivity contribution in [1.82, 2.24) is 0 Å². The van der Waals surface area contributed by atoms with Gasteiger partial charge in [-0.2, -0.15) is 0 Å². The van der Waals surface area contributed by atoms with Gasteiger partial charge < -0.3 is 5.32 Å². The van der Waals surface area contributed by atoms with Crippen LogP contribution in [0, 0.1) is 25.5 Å². The first-order valence-corrected chi connectivity index (χ1v) is 8.29. The Labute approximate surface area is 140 Å². The third-order valence-electron chi connectivity index (χ3n) is 2.96. The van der Waals surface area contributed by atoms with Gasteiger partial charge in [-0.3, -0.25) is 4.79 Å². The third kappa shape index (κ3) is 4.30. The van der Waals surface area contributed by atoms with Gasteiger partial charge in [-0.05, 0) is 47.5 Å². The minimum Gasteiger partial charge on any atom is -0.322 e. The Morgan fingerprint density at radius 3 is 2.59 bits per heavy atom. The van der Waals surface area contributed by atoms with Crippen LogP contribution in [0.1, 0.15) is 11.1 Å². The first-order chi connectivity index (χ1) is 10.4. The van der Waals surface area contributed by atoms with E-state index in [4.69, 9.17) is 0 Å². The molecule has 0 saturated heterocycles. The highest BCUT2D eigenvalue weighted by atomic mass is 79.9. The molecule has 116 valence electrons. The summed E-state index contributed by atoms with van der Waals surface area (Å²) in [5, 5.41) is 2.46. The molecule has 0 spiro atoms. The average Bonchev–Trinajstić information content (AvgIpc) is 2.42. The summed E-state index contributed by atoms with van der Waals surface area (Å²) in [6.07, 6.45) is 0. The Kier molecular flexibility index (Phi) is 5.58. The number of carbonyl (C=O) groups is 1. The number of halogens is 3. The van der Waals surface area contributed by atoms with Crippen LogP contribution in [0.2, 0.25) is 0 Å². The van der Waals surface area contributed by atoms with Crippen LogP contribution < -0.4 is 5.32 Å². The molecule has 0 heterocycles. The van der Waals surface area contributed by atoms with E-state index in [2.05, 4.69) is 21.2 Å². The second-order valence-corrected chi connectivity index (χ2v) is 6.72. The smallest absolute Gasteiger partial charge is 0.234 e. The fourth-order valence-corrected chi connectivity index (χ4v) is 3.26. The van der Waals surface area contributed by atoms with Crippen LogP contribution in [0.4, 0.5) is 14.5 Å². The molecule has 0 atom stereocenters. The lowest BCUT2D eigenvalue weighted by Gasteiger charge is -2.10. The van der Waals surface area contributed by atoms with E-state index in [1.54, 1.807) is 0 Å². The SMILES string of the molecule is Cc1ccc(SCC(=O)Nc2c(F)cc(F)cc2Br)c(C)c1. The van der Waals surface area contributed by atoms with Gasteiger partial charge >= 0.3 is 0 Å². The largest absolute Gasteiger partial charge is 0.322 e. The summed E-state index contributed by atoms with van der Waals surface area (Å²) >= 11 is 4.41. The van der Waals surface area contributed by atoms with E-state index in [0.29, 0.717) is 0 Å².